The van der Waals surface area contributed by atoms with Gasteiger partial charge in [0, 0.05) is 11.3 Å². The zero-order chi connectivity index (χ0) is 12.1. The normalized spacial score (nSPS) is 11.8. The summed E-state index contributed by atoms with van der Waals surface area (Å²) in [5.41, 5.74) is 6.23. The van der Waals surface area contributed by atoms with Gasteiger partial charge in [-0.2, -0.15) is 0 Å². The highest BCUT2D eigenvalue weighted by molar-refractivity contribution is 5.96. The lowest BCUT2D eigenvalue weighted by atomic mass is 10.2. The number of nitrogens with one attached hydrogen (secondary N) is 1. The molecule has 6 heteroatoms. The molecule has 0 radical (unpaired) electrons. The quantitative estimate of drug-likeness (QED) is 0.512. The number of carboxylic acid groups (broad SMARTS) is 1. The molecule has 0 aromatic heterocycles. The number of carbonyl (C=O) groups excluding carboxylic acids is 1. The number of nitrogens with two attached hydrogens (primary N) is 1. The number of hydrogen-bond donors (Lipinski definition) is 4. The highest BCUT2D eigenvalue weighted by Gasteiger charge is 2.19. The number of rotatable bonds is 4. The fourth-order valence-corrected chi connectivity index (χ4v) is 1.06. The van der Waals surface area contributed by atoms with E-state index < -0.39 is 24.5 Å². The molecule has 1 rings (SSSR count). The number of aliphatic hydroxyl groups is 1. The first-order valence-corrected chi connectivity index (χ1v) is 4.54. The molecule has 1 atom stereocenters. The number of carbonyl (C=O) groups is 2. The Balaban J connectivity index is 2.71. The van der Waals surface area contributed by atoms with E-state index in [1.807, 2.05) is 0 Å². The summed E-state index contributed by atoms with van der Waals surface area (Å²) in [6.45, 7) is -0.657. The van der Waals surface area contributed by atoms with Crippen LogP contribution in [0.15, 0.2) is 24.3 Å². The van der Waals surface area contributed by atoms with Gasteiger partial charge in [0.2, 0.25) is 0 Å². The van der Waals surface area contributed by atoms with Gasteiger partial charge in [0.15, 0.2) is 6.04 Å². The summed E-state index contributed by atoms with van der Waals surface area (Å²) in [7, 11) is 0. The Morgan fingerprint density at radius 3 is 2.31 bits per heavy atom. The molecular formula is C10H12N2O4. The van der Waals surface area contributed by atoms with Crippen LogP contribution in [-0.2, 0) is 4.79 Å². The molecule has 0 saturated heterocycles. The van der Waals surface area contributed by atoms with Crippen molar-refractivity contribution in [3.63, 3.8) is 0 Å². The molecule has 0 spiro atoms. The topological polar surface area (TPSA) is 113 Å². The molecule has 1 aromatic rings. The highest BCUT2D eigenvalue weighted by Crippen LogP contribution is 2.05. The molecule has 86 valence electrons. The highest BCUT2D eigenvalue weighted by atomic mass is 16.4. The number of nitrogen functional groups attached to an aromatic ring is 1. The van der Waals surface area contributed by atoms with Gasteiger partial charge in [-0.1, -0.05) is 0 Å². The fourth-order valence-electron chi connectivity index (χ4n) is 1.06. The zero-order valence-corrected chi connectivity index (χ0v) is 8.38. The van der Waals surface area contributed by atoms with E-state index in [1.165, 1.54) is 24.3 Å². The molecule has 0 aliphatic carbocycles. The first-order chi connectivity index (χ1) is 7.54. The van der Waals surface area contributed by atoms with Gasteiger partial charge in [-0.05, 0) is 24.3 Å². The minimum absolute atomic E-state index is 0.286. The van der Waals surface area contributed by atoms with E-state index in [2.05, 4.69) is 5.32 Å². The number of aliphatic carboxylic acids is 1. The molecule has 0 aliphatic heterocycles. The van der Waals surface area contributed by atoms with Crippen molar-refractivity contribution < 1.29 is 19.8 Å². The third-order valence-corrected chi connectivity index (χ3v) is 1.96. The molecule has 1 unspecified atom stereocenters. The van der Waals surface area contributed by atoms with Crippen molar-refractivity contribution in [2.24, 2.45) is 0 Å². The smallest absolute Gasteiger partial charge is 0.328 e. The minimum atomic E-state index is -1.30. The van der Waals surface area contributed by atoms with E-state index >= 15 is 0 Å². The van der Waals surface area contributed by atoms with Gasteiger partial charge < -0.3 is 21.3 Å². The number of carboxylic acids is 1. The lowest BCUT2D eigenvalue weighted by Gasteiger charge is -2.11. The largest absolute Gasteiger partial charge is 0.480 e. The lowest BCUT2D eigenvalue weighted by molar-refractivity contribution is -0.140. The minimum Gasteiger partial charge on any atom is -0.480 e. The van der Waals surface area contributed by atoms with Crippen molar-refractivity contribution in [3.05, 3.63) is 29.8 Å². The van der Waals surface area contributed by atoms with Crippen molar-refractivity contribution in [2.45, 2.75) is 6.04 Å². The molecule has 0 heterocycles. The van der Waals surface area contributed by atoms with Crippen molar-refractivity contribution in [1.29, 1.82) is 0 Å². The number of anilines is 1. The second-order valence-electron chi connectivity index (χ2n) is 3.17. The average Bonchev–Trinajstić information content (AvgIpc) is 2.26. The van der Waals surface area contributed by atoms with Crippen LogP contribution < -0.4 is 11.1 Å². The number of amides is 1. The zero-order valence-electron chi connectivity index (χ0n) is 8.38. The maximum atomic E-state index is 11.5. The third-order valence-electron chi connectivity index (χ3n) is 1.96. The Labute approximate surface area is 91.7 Å². The monoisotopic (exact) mass is 224 g/mol. The van der Waals surface area contributed by atoms with Crippen molar-refractivity contribution in [3.8, 4) is 0 Å². The van der Waals surface area contributed by atoms with Crippen molar-refractivity contribution in [2.75, 3.05) is 12.3 Å². The molecule has 0 aliphatic rings. The van der Waals surface area contributed by atoms with Gasteiger partial charge in [0.05, 0.1) is 6.61 Å². The number of aliphatic hydroxyl groups excluding tert-OH is 1. The van der Waals surface area contributed by atoms with E-state index in [0.717, 1.165) is 0 Å². The molecule has 1 aromatic carbocycles. The first kappa shape index (κ1) is 12.0. The van der Waals surface area contributed by atoms with E-state index in [1.54, 1.807) is 0 Å². The van der Waals surface area contributed by atoms with E-state index in [0.29, 0.717) is 5.69 Å². The summed E-state index contributed by atoms with van der Waals surface area (Å²) < 4.78 is 0. The van der Waals surface area contributed by atoms with Crippen LogP contribution in [0, 0.1) is 0 Å². The lowest BCUT2D eigenvalue weighted by Crippen LogP contribution is -2.43. The summed E-state index contributed by atoms with van der Waals surface area (Å²) in [6, 6.07) is 4.71. The Morgan fingerprint density at radius 1 is 1.31 bits per heavy atom. The summed E-state index contributed by atoms with van der Waals surface area (Å²) in [5, 5.41) is 19.5. The Morgan fingerprint density at radius 2 is 1.88 bits per heavy atom. The van der Waals surface area contributed by atoms with Crippen molar-refractivity contribution >= 4 is 17.6 Å². The first-order valence-electron chi connectivity index (χ1n) is 4.54. The van der Waals surface area contributed by atoms with Gasteiger partial charge >= 0.3 is 5.97 Å². The molecule has 6 nitrogen and oxygen atoms in total. The van der Waals surface area contributed by atoms with Crippen LogP contribution in [0.1, 0.15) is 10.4 Å². The Hall–Kier alpha value is -2.08. The molecule has 5 N–H and O–H groups in total. The summed E-state index contributed by atoms with van der Waals surface area (Å²) in [5.74, 6) is -1.85. The Bertz CT molecular complexity index is 388. The van der Waals surface area contributed by atoms with Crippen LogP contribution in [0.4, 0.5) is 5.69 Å². The van der Waals surface area contributed by atoms with Crippen LogP contribution in [0.5, 0.6) is 0 Å². The van der Waals surface area contributed by atoms with Gasteiger partial charge in [-0.25, -0.2) is 4.79 Å². The maximum Gasteiger partial charge on any atom is 0.328 e. The number of hydrogen-bond acceptors (Lipinski definition) is 4. The predicted octanol–water partition coefficient (Wildman–Crippen LogP) is -0.556. The second-order valence-corrected chi connectivity index (χ2v) is 3.17. The fraction of sp³-hybridized carbons (Fsp3) is 0.200. The predicted molar refractivity (Wildman–Crippen MR) is 56.8 cm³/mol. The van der Waals surface area contributed by atoms with Gasteiger partial charge in [0.25, 0.3) is 5.91 Å². The van der Waals surface area contributed by atoms with E-state index in [-0.39, 0.29) is 5.56 Å². The molecule has 16 heavy (non-hydrogen) atoms. The SMILES string of the molecule is Nc1ccc(C(=O)NC(CO)C(=O)O)cc1. The Kier molecular flexibility index (Phi) is 3.84. The van der Waals surface area contributed by atoms with Crippen LogP contribution in [0.3, 0.4) is 0 Å². The van der Waals surface area contributed by atoms with Crippen LogP contribution >= 0.6 is 0 Å². The standard InChI is InChI=1S/C10H12N2O4/c11-7-3-1-6(2-4-7)9(14)12-8(5-13)10(15)16/h1-4,8,13H,5,11H2,(H,12,14)(H,15,16). The van der Waals surface area contributed by atoms with Crippen LogP contribution in [0.2, 0.25) is 0 Å². The summed E-state index contributed by atoms with van der Waals surface area (Å²) in [4.78, 5) is 22.1. The molecule has 0 saturated carbocycles. The molecule has 0 bridgehead atoms. The van der Waals surface area contributed by atoms with Gasteiger partial charge in [-0.15, -0.1) is 0 Å². The summed E-state index contributed by atoms with van der Waals surface area (Å²) in [6.07, 6.45) is 0. The van der Waals surface area contributed by atoms with E-state index in [4.69, 9.17) is 15.9 Å². The van der Waals surface area contributed by atoms with Crippen molar-refractivity contribution in [1.82, 2.24) is 5.32 Å². The second kappa shape index (κ2) is 5.13. The summed E-state index contributed by atoms with van der Waals surface area (Å²) >= 11 is 0. The number of benzene rings is 1. The van der Waals surface area contributed by atoms with Crippen LogP contribution in [-0.4, -0.2) is 34.7 Å². The average molecular weight is 224 g/mol. The maximum absolute atomic E-state index is 11.5. The third kappa shape index (κ3) is 2.96. The van der Waals surface area contributed by atoms with Crippen LogP contribution in [0.25, 0.3) is 0 Å². The van der Waals surface area contributed by atoms with E-state index in [9.17, 15) is 9.59 Å². The van der Waals surface area contributed by atoms with Gasteiger partial charge in [-0.3, -0.25) is 4.79 Å². The van der Waals surface area contributed by atoms with Gasteiger partial charge in [0.1, 0.15) is 0 Å². The molecule has 0 fully saturated rings. The molecular weight excluding hydrogens is 212 g/mol. The molecule has 1 amide bonds.